The van der Waals surface area contributed by atoms with Crippen LogP contribution < -0.4 is 5.32 Å². The maximum atomic E-state index is 11.2. The van der Waals surface area contributed by atoms with E-state index in [2.05, 4.69) is 16.1 Å². The normalized spacial score (nSPS) is 11.4. The lowest BCUT2D eigenvalue weighted by Gasteiger charge is -2.09. The fourth-order valence-electron chi connectivity index (χ4n) is 1.36. The highest BCUT2D eigenvalue weighted by Gasteiger charge is 2.06. The lowest BCUT2D eigenvalue weighted by molar-refractivity contribution is 0.0601. The molecule has 0 aliphatic heterocycles. The van der Waals surface area contributed by atoms with E-state index in [4.69, 9.17) is 5.26 Å². The summed E-state index contributed by atoms with van der Waals surface area (Å²) < 4.78 is 4.61. The van der Waals surface area contributed by atoms with Gasteiger partial charge in [0, 0.05) is 12.2 Å². The Morgan fingerprint density at radius 2 is 2.12 bits per heavy atom. The van der Waals surface area contributed by atoms with Gasteiger partial charge in [-0.05, 0) is 30.7 Å². The van der Waals surface area contributed by atoms with Crippen molar-refractivity contribution in [3.05, 3.63) is 29.8 Å². The molecule has 1 atom stereocenters. The van der Waals surface area contributed by atoms with Crippen LogP contribution in [0.15, 0.2) is 24.3 Å². The third-order valence-corrected chi connectivity index (χ3v) is 2.53. The van der Waals surface area contributed by atoms with Gasteiger partial charge in [0.2, 0.25) is 0 Å². The molecule has 0 saturated carbocycles. The summed E-state index contributed by atoms with van der Waals surface area (Å²) in [4.78, 5) is 11.2. The van der Waals surface area contributed by atoms with E-state index in [9.17, 15) is 4.79 Å². The van der Waals surface area contributed by atoms with Gasteiger partial charge in [0.05, 0.1) is 24.7 Å². The van der Waals surface area contributed by atoms with Crippen molar-refractivity contribution in [2.45, 2.75) is 13.3 Å². The first-order valence-corrected chi connectivity index (χ1v) is 5.53. The molecule has 1 aromatic rings. The molecule has 17 heavy (non-hydrogen) atoms. The molecule has 0 aliphatic rings. The number of nitriles is 1. The van der Waals surface area contributed by atoms with Gasteiger partial charge < -0.3 is 10.1 Å². The standard InChI is InChI=1S/C13H16N2O2/c1-3-10(8-14)9-15-12-6-4-11(5-7-12)13(16)17-2/h4-7,10,15H,3,9H2,1-2H3. The molecule has 1 unspecified atom stereocenters. The van der Waals surface area contributed by atoms with Crippen molar-refractivity contribution in [3.8, 4) is 6.07 Å². The molecule has 0 amide bonds. The number of hydrogen-bond donors (Lipinski definition) is 1. The molecular formula is C13H16N2O2. The van der Waals surface area contributed by atoms with E-state index in [1.165, 1.54) is 7.11 Å². The maximum absolute atomic E-state index is 11.2. The van der Waals surface area contributed by atoms with E-state index in [-0.39, 0.29) is 11.9 Å². The van der Waals surface area contributed by atoms with E-state index >= 15 is 0 Å². The maximum Gasteiger partial charge on any atom is 0.337 e. The second-order valence-corrected chi connectivity index (χ2v) is 3.68. The number of esters is 1. The number of methoxy groups -OCH3 is 1. The van der Waals surface area contributed by atoms with Crippen molar-refractivity contribution in [2.75, 3.05) is 19.0 Å². The number of ether oxygens (including phenoxy) is 1. The van der Waals surface area contributed by atoms with Gasteiger partial charge in [0.1, 0.15) is 0 Å². The predicted octanol–water partition coefficient (Wildman–Crippen LogP) is 2.43. The molecule has 1 N–H and O–H groups in total. The van der Waals surface area contributed by atoms with E-state index in [1.54, 1.807) is 24.3 Å². The summed E-state index contributed by atoms with van der Waals surface area (Å²) in [6.45, 7) is 2.60. The molecule has 0 bridgehead atoms. The fourth-order valence-corrected chi connectivity index (χ4v) is 1.36. The molecule has 0 fully saturated rings. The molecule has 4 heteroatoms. The Bertz CT molecular complexity index is 406. The van der Waals surface area contributed by atoms with Gasteiger partial charge in [-0.1, -0.05) is 6.92 Å². The zero-order chi connectivity index (χ0) is 12.7. The number of rotatable bonds is 5. The second kappa shape index (κ2) is 6.54. The monoisotopic (exact) mass is 232 g/mol. The molecule has 1 rings (SSSR count). The SMILES string of the molecule is CCC(C#N)CNc1ccc(C(=O)OC)cc1. The molecule has 1 aromatic carbocycles. The van der Waals surface area contributed by atoms with Crippen LogP contribution in [0.4, 0.5) is 5.69 Å². The summed E-state index contributed by atoms with van der Waals surface area (Å²) in [5, 5.41) is 12.0. The topological polar surface area (TPSA) is 62.1 Å². The quantitative estimate of drug-likeness (QED) is 0.792. The summed E-state index contributed by atoms with van der Waals surface area (Å²) in [6.07, 6.45) is 0.823. The zero-order valence-corrected chi connectivity index (χ0v) is 10.1. The van der Waals surface area contributed by atoms with Crippen molar-refractivity contribution in [3.63, 3.8) is 0 Å². The molecule has 0 radical (unpaired) electrons. The largest absolute Gasteiger partial charge is 0.465 e. The summed E-state index contributed by atoms with van der Waals surface area (Å²) in [7, 11) is 1.35. The van der Waals surface area contributed by atoms with Gasteiger partial charge in [-0.25, -0.2) is 4.79 Å². The van der Waals surface area contributed by atoms with E-state index in [0.717, 1.165) is 12.1 Å². The molecule has 90 valence electrons. The number of anilines is 1. The Morgan fingerprint density at radius 3 is 2.59 bits per heavy atom. The van der Waals surface area contributed by atoms with Crippen LogP contribution >= 0.6 is 0 Å². The minimum atomic E-state index is -0.347. The van der Waals surface area contributed by atoms with Gasteiger partial charge in [0.25, 0.3) is 0 Å². The molecule has 0 aliphatic carbocycles. The highest BCUT2D eigenvalue weighted by atomic mass is 16.5. The third kappa shape index (κ3) is 3.80. The van der Waals surface area contributed by atoms with Gasteiger partial charge in [-0.15, -0.1) is 0 Å². The number of benzene rings is 1. The van der Waals surface area contributed by atoms with Crippen molar-refractivity contribution in [2.24, 2.45) is 5.92 Å². The Balaban J connectivity index is 2.57. The average Bonchev–Trinajstić information content (AvgIpc) is 2.39. The van der Waals surface area contributed by atoms with Crippen LogP contribution in [-0.4, -0.2) is 19.6 Å². The minimum Gasteiger partial charge on any atom is -0.465 e. The molecule has 4 nitrogen and oxygen atoms in total. The Hall–Kier alpha value is -2.02. The summed E-state index contributed by atoms with van der Waals surface area (Å²) >= 11 is 0. The van der Waals surface area contributed by atoms with Crippen LogP contribution in [0.5, 0.6) is 0 Å². The lowest BCUT2D eigenvalue weighted by Crippen LogP contribution is -2.11. The second-order valence-electron chi connectivity index (χ2n) is 3.68. The lowest BCUT2D eigenvalue weighted by atomic mass is 10.1. The third-order valence-electron chi connectivity index (χ3n) is 2.53. The van der Waals surface area contributed by atoms with Gasteiger partial charge in [-0.3, -0.25) is 0 Å². The molecule has 0 aromatic heterocycles. The number of nitrogens with zero attached hydrogens (tertiary/aromatic N) is 1. The Labute approximate surface area is 101 Å². The molecular weight excluding hydrogens is 216 g/mol. The zero-order valence-electron chi connectivity index (χ0n) is 10.1. The van der Waals surface area contributed by atoms with E-state index < -0.39 is 0 Å². The van der Waals surface area contributed by atoms with Crippen molar-refractivity contribution in [1.29, 1.82) is 5.26 Å². The highest BCUT2D eigenvalue weighted by Crippen LogP contribution is 2.11. The predicted molar refractivity (Wildman–Crippen MR) is 65.7 cm³/mol. The number of nitrogens with one attached hydrogen (secondary N) is 1. The van der Waals surface area contributed by atoms with Crippen LogP contribution in [-0.2, 0) is 4.74 Å². The Kier molecular flexibility index (Phi) is 5.02. The van der Waals surface area contributed by atoms with Gasteiger partial charge in [0.15, 0.2) is 0 Å². The average molecular weight is 232 g/mol. The molecule has 0 saturated heterocycles. The molecule has 0 spiro atoms. The number of hydrogen-bond acceptors (Lipinski definition) is 4. The van der Waals surface area contributed by atoms with Gasteiger partial charge >= 0.3 is 5.97 Å². The number of carbonyl (C=O) groups excluding carboxylic acids is 1. The van der Waals surface area contributed by atoms with E-state index in [1.807, 2.05) is 6.92 Å². The van der Waals surface area contributed by atoms with Crippen LogP contribution in [0.2, 0.25) is 0 Å². The summed E-state index contributed by atoms with van der Waals surface area (Å²) in [5.74, 6) is -0.338. The first-order valence-electron chi connectivity index (χ1n) is 5.53. The van der Waals surface area contributed by atoms with Crippen molar-refractivity contribution in [1.82, 2.24) is 0 Å². The smallest absolute Gasteiger partial charge is 0.337 e. The fraction of sp³-hybridized carbons (Fsp3) is 0.385. The summed E-state index contributed by atoms with van der Waals surface area (Å²) in [5.41, 5.74) is 1.41. The highest BCUT2D eigenvalue weighted by molar-refractivity contribution is 5.89. The molecule has 0 heterocycles. The van der Waals surface area contributed by atoms with Gasteiger partial charge in [-0.2, -0.15) is 5.26 Å². The van der Waals surface area contributed by atoms with E-state index in [0.29, 0.717) is 12.1 Å². The van der Waals surface area contributed by atoms with Crippen LogP contribution in [0.25, 0.3) is 0 Å². The van der Waals surface area contributed by atoms with Crippen LogP contribution in [0, 0.1) is 17.2 Å². The summed E-state index contributed by atoms with van der Waals surface area (Å²) in [6, 6.07) is 9.22. The van der Waals surface area contributed by atoms with Crippen molar-refractivity contribution < 1.29 is 9.53 Å². The van der Waals surface area contributed by atoms with Crippen molar-refractivity contribution >= 4 is 11.7 Å². The number of carbonyl (C=O) groups is 1. The Morgan fingerprint density at radius 1 is 1.47 bits per heavy atom. The minimum absolute atomic E-state index is 0.00952. The first kappa shape index (κ1) is 13.0. The first-order chi connectivity index (χ1) is 8.21. The van der Waals surface area contributed by atoms with Crippen LogP contribution in [0.1, 0.15) is 23.7 Å². The van der Waals surface area contributed by atoms with Crippen LogP contribution in [0.3, 0.4) is 0 Å².